The molecule has 2 aromatic rings. The summed E-state index contributed by atoms with van der Waals surface area (Å²) in [6.45, 7) is 0.323. The lowest BCUT2D eigenvalue weighted by Gasteiger charge is -2.26. The Morgan fingerprint density at radius 1 is 1.26 bits per heavy atom. The Hall–Kier alpha value is -2.02. The van der Waals surface area contributed by atoms with Crippen molar-refractivity contribution in [2.75, 3.05) is 11.4 Å². The molecule has 0 saturated carbocycles. The van der Waals surface area contributed by atoms with Crippen molar-refractivity contribution >= 4 is 44.6 Å². The third-order valence-corrected chi connectivity index (χ3v) is 3.54. The predicted octanol–water partition coefficient (Wildman–Crippen LogP) is 1.84. The van der Waals surface area contributed by atoms with Gasteiger partial charge >= 0.3 is 6.03 Å². The van der Waals surface area contributed by atoms with Gasteiger partial charge in [-0.3, -0.25) is 15.0 Å². The molecule has 19 heavy (non-hydrogen) atoms. The van der Waals surface area contributed by atoms with Crippen molar-refractivity contribution in [3.63, 3.8) is 0 Å². The van der Waals surface area contributed by atoms with Gasteiger partial charge in [0.05, 0.1) is 5.52 Å². The van der Waals surface area contributed by atoms with Crippen LogP contribution >= 0.6 is 15.9 Å². The molecule has 3 amide bonds. The number of nitrogens with zero attached hydrogens (tertiary/aromatic N) is 3. The highest BCUT2D eigenvalue weighted by Gasteiger charge is 2.26. The van der Waals surface area contributed by atoms with Crippen LogP contribution in [0.1, 0.15) is 6.42 Å². The van der Waals surface area contributed by atoms with Crippen LogP contribution in [0.3, 0.4) is 0 Å². The minimum atomic E-state index is -0.448. The van der Waals surface area contributed by atoms with E-state index in [1.54, 1.807) is 0 Å². The molecule has 0 atom stereocenters. The number of benzene rings is 1. The summed E-state index contributed by atoms with van der Waals surface area (Å²) in [6, 6.07) is 5.13. The Morgan fingerprint density at radius 3 is 2.89 bits per heavy atom. The van der Waals surface area contributed by atoms with Crippen molar-refractivity contribution in [3.05, 3.63) is 29.0 Å². The quantitative estimate of drug-likeness (QED) is 0.870. The number of amides is 3. The number of fused-ring (bicyclic) bond motifs is 1. The third kappa shape index (κ3) is 2.06. The molecule has 3 rings (SSSR count). The molecule has 6 nitrogen and oxygen atoms in total. The first-order valence-electron chi connectivity index (χ1n) is 5.67. The minimum absolute atomic E-state index is 0.263. The summed E-state index contributed by atoms with van der Waals surface area (Å²) in [6.07, 6.45) is 1.68. The fourth-order valence-corrected chi connectivity index (χ4v) is 2.49. The summed E-state index contributed by atoms with van der Waals surface area (Å²) < 4.78 is 0.835. The number of hydrogen-bond acceptors (Lipinski definition) is 4. The molecular formula is C12H9BrN4O2. The van der Waals surface area contributed by atoms with Crippen LogP contribution in [0.2, 0.25) is 0 Å². The molecule has 0 unspecified atom stereocenters. The molecule has 1 aromatic heterocycles. The van der Waals surface area contributed by atoms with E-state index in [0.717, 1.165) is 15.4 Å². The maximum absolute atomic E-state index is 11.9. The molecule has 96 valence electrons. The van der Waals surface area contributed by atoms with Crippen molar-refractivity contribution in [1.29, 1.82) is 0 Å². The van der Waals surface area contributed by atoms with Gasteiger partial charge in [0.2, 0.25) is 5.91 Å². The highest BCUT2D eigenvalue weighted by molar-refractivity contribution is 9.10. The lowest BCUT2D eigenvalue weighted by Crippen LogP contribution is -2.50. The Balaban J connectivity index is 2.13. The first-order valence-corrected chi connectivity index (χ1v) is 6.46. The Morgan fingerprint density at radius 2 is 2.11 bits per heavy atom. The van der Waals surface area contributed by atoms with Gasteiger partial charge in [0.1, 0.15) is 12.1 Å². The second-order valence-electron chi connectivity index (χ2n) is 4.09. The van der Waals surface area contributed by atoms with Gasteiger partial charge < -0.3 is 0 Å². The third-order valence-electron chi connectivity index (χ3n) is 2.90. The van der Waals surface area contributed by atoms with E-state index in [0.29, 0.717) is 12.4 Å². The van der Waals surface area contributed by atoms with Crippen LogP contribution in [0.5, 0.6) is 0 Å². The zero-order chi connectivity index (χ0) is 13.4. The van der Waals surface area contributed by atoms with Gasteiger partial charge in [0.25, 0.3) is 0 Å². The van der Waals surface area contributed by atoms with Gasteiger partial charge in [-0.25, -0.2) is 14.8 Å². The van der Waals surface area contributed by atoms with E-state index in [2.05, 4.69) is 31.2 Å². The maximum Gasteiger partial charge on any atom is 0.329 e. The van der Waals surface area contributed by atoms with Gasteiger partial charge in [0, 0.05) is 22.8 Å². The number of carbonyl (C=O) groups is 2. The Kier molecular flexibility index (Phi) is 2.90. The summed E-state index contributed by atoms with van der Waals surface area (Å²) in [5, 5.41) is 3.05. The molecule has 1 aliphatic heterocycles. The van der Waals surface area contributed by atoms with E-state index in [9.17, 15) is 9.59 Å². The first-order chi connectivity index (χ1) is 9.16. The Bertz CT molecular complexity index is 688. The minimum Gasteiger partial charge on any atom is -0.278 e. The van der Waals surface area contributed by atoms with Gasteiger partial charge in [-0.2, -0.15) is 0 Å². The molecule has 1 aromatic carbocycles. The largest absolute Gasteiger partial charge is 0.329 e. The number of anilines is 1. The molecule has 1 N–H and O–H groups in total. The van der Waals surface area contributed by atoms with Crippen LogP contribution in [0, 0.1) is 0 Å². The number of rotatable bonds is 1. The fourth-order valence-electron chi connectivity index (χ4n) is 2.02. The fraction of sp³-hybridized carbons (Fsp3) is 0.167. The number of aromatic nitrogens is 2. The zero-order valence-corrected chi connectivity index (χ0v) is 11.3. The molecule has 0 spiro atoms. The van der Waals surface area contributed by atoms with Crippen molar-refractivity contribution in [1.82, 2.24) is 15.3 Å². The predicted molar refractivity (Wildman–Crippen MR) is 72.7 cm³/mol. The molecule has 1 saturated heterocycles. The van der Waals surface area contributed by atoms with Crippen molar-refractivity contribution in [3.8, 4) is 0 Å². The highest BCUT2D eigenvalue weighted by atomic mass is 79.9. The van der Waals surface area contributed by atoms with Crippen LogP contribution < -0.4 is 10.2 Å². The van der Waals surface area contributed by atoms with Crippen LogP contribution in [-0.4, -0.2) is 28.5 Å². The summed E-state index contributed by atoms with van der Waals surface area (Å²) in [5.41, 5.74) is 0.734. The topological polar surface area (TPSA) is 75.2 Å². The second kappa shape index (κ2) is 4.58. The number of imide groups is 1. The molecule has 0 radical (unpaired) electrons. The van der Waals surface area contributed by atoms with Gasteiger partial charge in [-0.1, -0.05) is 6.07 Å². The first kappa shape index (κ1) is 12.0. The highest BCUT2D eigenvalue weighted by Crippen LogP contribution is 2.28. The maximum atomic E-state index is 11.9. The molecule has 1 aliphatic rings. The lowest BCUT2D eigenvalue weighted by atomic mass is 10.2. The molecule has 7 heteroatoms. The lowest BCUT2D eigenvalue weighted by molar-refractivity contribution is -0.120. The van der Waals surface area contributed by atoms with E-state index in [-0.39, 0.29) is 12.3 Å². The van der Waals surface area contributed by atoms with E-state index in [1.807, 2.05) is 18.2 Å². The second-order valence-corrected chi connectivity index (χ2v) is 4.94. The van der Waals surface area contributed by atoms with Crippen LogP contribution in [0.15, 0.2) is 29.0 Å². The van der Waals surface area contributed by atoms with Crippen molar-refractivity contribution in [2.45, 2.75) is 6.42 Å². The number of carbonyl (C=O) groups excluding carboxylic acids is 2. The summed E-state index contributed by atoms with van der Waals surface area (Å²) >= 11 is 3.42. The molecular weight excluding hydrogens is 312 g/mol. The average Bonchev–Trinajstić information content (AvgIpc) is 2.39. The van der Waals surface area contributed by atoms with Gasteiger partial charge in [-0.05, 0) is 28.1 Å². The summed E-state index contributed by atoms with van der Waals surface area (Å²) in [5.74, 6) is 0.247. The van der Waals surface area contributed by atoms with E-state index in [1.165, 1.54) is 11.2 Å². The number of para-hydroxylation sites is 1. The SMILES string of the molecule is O=C1CCN(c2ncnc3c(Br)cccc23)C(=O)N1. The molecule has 0 aliphatic carbocycles. The van der Waals surface area contributed by atoms with Crippen LogP contribution in [0.25, 0.3) is 10.9 Å². The van der Waals surface area contributed by atoms with Crippen molar-refractivity contribution in [2.24, 2.45) is 0 Å². The summed E-state index contributed by atoms with van der Waals surface area (Å²) in [4.78, 5) is 32.8. The smallest absolute Gasteiger partial charge is 0.278 e. The molecule has 1 fully saturated rings. The monoisotopic (exact) mass is 320 g/mol. The van der Waals surface area contributed by atoms with E-state index in [4.69, 9.17) is 0 Å². The number of nitrogens with one attached hydrogen (secondary N) is 1. The Labute approximate surface area is 117 Å². The van der Waals surface area contributed by atoms with Crippen LogP contribution in [0.4, 0.5) is 10.6 Å². The number of halogens is 1. The standard InChI is InChI=1S/C12H9BrN4O2/c13-8-3-1-2-7-10(8)14-6-15-11(7)17-5-4-9(18)16-12(17)19/h1-3,6H,4-5H2,(H,16,18,19). The molecule has 0 bridgehead atoms. The normalized spacial score (nSPS) is 15.7. The average molecular weight is 321 g/mol. The number of hydrogen-bond donors (Lipinski definition) is 1. The van der Waals surface area contributed by atoms with Gasteiger partial charge in [0.15, 0.2) is 0 Å². The van der Waals surface area contributed by atoms with Crippen LogP contribution in [-0.2, 0) is 4.79 Å². The summed E-state index contributed by atoms with van der Waals surface area (Å²) in [7, 11) is 0. The number of urea groups is 1. The van der Waals surface area contributed by atoms with Crippen molar-refractivity contribution < 1.29 is 9.59 Å². The molecule has 2 heterocycles. The van der Waals surface area contributed by atoms with E-state index < -0.39 is 6.03 Å². The van der Waals surface area contributed by atoms with E-state index >= 15 is 0 Å². The van der Waals surface area contributed by atoms with Gasteiger partial charge in [-0.15, -0.1) is 0 Å². The zero-order valence-electron chi connectivity index (χ0n) is 9.76.